The largest absolute Gasteiger partial charge is 0.454 e. The van der Waals surface area contributed by atoms with Crippen molar-refractivity contribution in [2.75, 3.05) is 0 Å². The molecule has 0 unspecified atom stereocenters. The van der Waals surface area contributed by atoms with E-state index >= 15 is 0 Å². The predicted molar refractivity (Wildman–Crippen MR) is 77.5 cm³/mol. The zero-order valence-electron chi connectivity index (χ0n) is 10.2. The van der Waals surface area contributed by atoms with Crippen LogP contribution in [0.1, 0.15) is 5.56 Å². The molecule has 0 spiro atoms. The van der Waals surface area contributed by atoms with Crippen LogP contribution in [0.3, 0.4) is 0 Å². The van der Waals surface area contributed by atoms with Gasteiger partial charge in [-0.2, -0.15) is 0 Å². The average molecular weight is 313 g/mol. The van der Waals surface area contributed by atoms with Crippen LogP contribution in [-0.4, -0.2) is 4.92 Å². The fraction of sp³-hybridized carbons (Fsp3) is 0.0769. The van der Waals surface area contributed by atoms with Crippen LogP contribution in [0.2, 0.25) is 10.0 Å². The summed E-state index contributed by atoms with van der Waals surface area (Å²) in [4.78, 5) is 10.1. The van der Waals surface area contributed by atoms with E-state index in [0.29, 0.717) is 12.3 Å². The van der Waals surface area contributed by atoms with Gasteiger partial charge in [0.2, 0.25) is 0 Å². The Morgan fingerprint density at radius 2 is 1.85 bits per heavy atom. The lowest BCUT2D eigenvalue weighted by molar-refractivity contribution is -0.384. The van der Waals surface area contributed by atoms with Crippen molar-refractivity contribution < 1.29 is 9.66 Å². The minimum atomic E-state index is -0.573. The summed E-state index contributed by atoms with van der Waals surface area (Å²) in [6, 6.07) is 9.48. The highest BCUT2D eigenvalue weighted by molar-refractivity contribution is 6.37. The van der Waals surface area contributed by atoms with Gasteiger partial charge in [0.1, 0.15) is 5.75 Å². The first-order chi connectivity index (χ1) is 9.51. The Kier molecular flexibility index (Phi) is 4.44. The highest BCUT2D eigenvalue weighted by atomic mass is 35.5. The summed E-state index contributed by atoms with van der Waals surface area (Å²) in [7, 11) is 0. The monoisotopic (exact) mass is 312 g/mol. The fourth-order valence-electron chi connectivity index (χ4n) is 1.60. The number of hydrogen-bond acceptors (Lipinski definition) is 4. The second kappa shape index (κ2) is 6.09. The van der Waals surface area contributed by atoms with Crippen molar-refractivity contribution in [3.63, 3.8) is 0 Å². The van der Waals surface area contributed by atoms with E-state index in [4.69, 9.17) is 33.7 Å². The van der Waals surface area contributed by atoms with E-state index in [1.54, 1.807) is 18.2 Å². The standard InChI is InChI=1S/C13H10Cl2N2O3/c14-11-5-9(17(18)19)6-12(15)13(11)20-10-3-1-2-8(4-10)7-16/h1-6H,7,16H2. The molecule has 0 saturated carbocycles. The van der Waals surface area contributed by atoms with Crippen molar-refractivity contribution >= 4 is 28.9 Å². The van der Waals surface area contributed by atoms with Crippen LogP contribution in [0.15, 0.2) is 36.4 Å². The number of nitrogens with two attached hydrogens (primary N) is 1. The van der Waals surface area contributed by atoms with Crippen LogP contribution < -0.4 is 10.5 Å². The summed E-state index contributed by atoms with van der Waals surface area (Å²) in [5.74, 6) is 0.679. The second-order valence-electron chi connectivity index (χ2n) is 3.95. The zero-order chi connectivity index (χ0) is 14.7. The highest BCUT2D eigenvalue weighted by Crippen LogP contribution is 2.39. The minimum absolute atomic E-state index is 0.0716. The summed E-state index contributed by atoms with van der Waals surface area (Å²) in [5, 5.41) is 10.8. The predicted octanol–water partition coefficient (Wildman–Crippen LogP) is 4.15. The summed E-state index contributed by atoms with van der Waals surface area (Å²) >= 11 is 11.9. The molecule has 0 amide bonds. The van der Waals surface area contributed by atoms with E-state index in [-0.39, 0.29) is 21.5 Å². The summed E-state index contributed by atoms with van der Waals surface area (Å²) in [6.45, 7) is 0.374. The molecule has 5 nitrogen and oxygen atoms in total. The van der Waals surface area contributed by atoms with E-state index in [0.717, 1.165) is 5.56 Å². The number of benzene rings is 2. The Morgan fingerprint density at radius 1 is 1.20 bits per heavy atom. The molecule has 0 aliphatic rings. The van der Waals surface area contributed by atoms with Crippen LogP contribution in [-0.2, 0) is 6.54 Å². The lowest BCUT2D eigenvalue weighted by atomic mass is 10.2. The van der Waals surface area contributed by atoms with Crippen LogP contribution in [0.5, 0.6) is 11.5 Å². The number of rotatable bonds is 4. The smallest absolute Gasteiger partial charge is 0.272 e. The van der Waals surface area contributed by atoms with E-state index < -0.39 is 4.92 Å². The van der Waals surface area contributed by atoms with Gasteiger partial charge in [0, 0.05) is 18.7 Å². The minimum Gasteiger partial charge on any atom is -0.454 e. The molecule has 2 N–H and O–H groups in total. The first kappa shape index (κ1) is 14.6. The van der Waals surface area contributed by atoms with Crippen LogP contribution >= 0.6 is 23.2 Å². The number of halogens is 2. The second-order valence-corrected chi connectivity index (χ2v) is 4.76. The SMILES string of the molecule is NCc1cccc(Oc2c(Cl)cc([N+](=O)[O-])cc2Cl)c1. The Bertz CT molecular complexity index is 639. The quantitative estimate of drug-likeness (QED) is 0.679. The maximum Gasteiger partial charge on any atom is 0.272 e. The van der Waals surface area contributed by atoms with Crippen LogP contribution in [0.4, 0.5) is 5.69 Å². The van der Waals surface area contributed by atoms with Crippen molar-refractivity contribution in [3.05, 3.63) is 62.1 Å². The number of nitro benzene ring substituents is 1. The average Bonchev–Trinajstić information content (AvgIpc) is 2.42. The Labute approximate surface area is 125 Å². The third-order valence-electron chi connectivity index (χ3n) is 2.55. The summed E-state index contributed by atoms with van der Waals surface area (Å²) < 4.78 is 5.58. The van der Waals surface area contributed by atoms with Crippen molar-refractivity contribution in [3.8, 4) is 11.5 Å². The summed E-state index contributed by atoms with van der Waals surface area (Å²) in [5.41, 5.74) is 6.24. The lowest BCUT2D eigenvalue weighted by Crippen LogP contribution is -1.96. The van der Waals surface area contributed by atoms with Crippen molar-refractivity contribution in [1.82, 2.24) is 0 Å². The molecular weight excluding hydrogens is 303 g/mol. The van der Waals surface area contributed by atoms with Gasteiger partial charge in [-0.15, -0.1) is 0 Å². The van der Waals surface area contributed by atoms with Gasteiger partial charge >= 0.3 is 0 Å². The van der Waals surface area contributed by atoms with E-state index in [1.165, 1.54) is 12.1 Å². The molecule has 0 aromatic heterocycles. The topological polar surface area (TPSA) is 78.4 Å². The molecule has 104 valence electrons. The van der Waals surface area contributed by atoms with Gasteiger partial charge in [0.15, 0.2) is 5.75 Å². The van der Waals surface area contributed by atoms with Gasteiger partial charge < -0.3 is 10.5 Å². The molecule has 0 saturated heterocycles. The van der Waals surface area contributed by atoms with Crippen LogP contribution in [0.25, 0.3) is 0 Å². The van der Waals surface area contributed by atoms with Crippen molar-refractivity contribution in [2.24, 2.45) is 5.73 Å². The molecule has 0 aliphatic heterocycles. The number of hydrogen-bond donors (Lipinski definition) is 1. The van der Waals surface area contributed by atoms with Gasteiger partial charge in [-0.3, -0.25) is 10.1 Å². The number of non-ortho nitro benzene ring substituents is 1. The first-order valence-electron chi connectivity index (χ1n) is 5.61. The molecule has 0 atom stereocenters. The molecule has 0 fully saturated rings. The van der Waals surface area contributed by atoms with E-state index in [2.05, 4.69) is 0 Å². The van der Waals surface area contributed by atoms with Gasteiger partial charge in [-0.1, -0.05) is 35.3 Å². The summed E-state index contributed by atoms with van der Waals surface area (Å²) in [6.07, 6.45) is 0. The maximum absolute atomic E-state index is 10.7. The van der Waals surface area contributed by atoms with Gasteiger partial charge in [-0.05, 0) is 17.7 Å². The number of nitro groups is 1. The zero-order valence-corrected chi connectivity index (χ0v) is 11.7. The number of ether oxygens (including phenoxy) is 1. The van der Waals surface area contributed by atoms with Gasteiger partial charge in [0.05, 0.1) is 15.0 Å². The molecule has 0 heterocycles. The van der Waals surface area contributed by atoms with Crippen LogP contribution in [0, 0.1) is 10.1 Å². The van der Waals surface area contributed by atoms with Crippen molar-refractivity contribution in [2.45, 2.75) is 6.54 Å². The molecule has 2 rings (SSSR count). The number of nitrogens with zero attached hydrogens (tertiary/aromatic N) is 1. The maximum atomic E-state index is 10.7. The van der Waals surface area contributed by atoms with E-state index in [1.807, 2.05) is 6.07 Å². The molecule has 20 heavy (non-hydrogen) atoms. The first-order valence-corrected chi connectivity index (χ1v) is 6.37. The van der Waals surface area contributed by atoms with E-state index in [9.17, 15) is 10.1 Å². The molecular formula is C13H10Cl2N2O3. The van der Waals surface area contributed by atoms with Gasteiger partial charge in [0.25, 0.3) is 5.69 Å². The Balaban J connectivity index is 2.36. The molecule has 7 heteroatoms. The fourth-order valence-corrected chi connectivity index (χ4v) is 2.16. The molecule has 0 aliphatic carbocycles. The third kappa shape index (κ3) is 3.19. The van der Waals surface area contributed by atoms with Crippen molar-refractivity contribution in [1.29, 1.82) is 0 Å². The molecule has 2 aromatic rings. The van der Waals surface area contributed by atoms with Gasteiger partial charge in [-0.25, -0.2) is 0 Å². The third-order valence-corrected chi connectivity index (χ3v) is 3.11. The highest BCUT2D eigenvalue weighted by Gasteiger charge is 2.16. The Morgan fingerprint density at radius 3 is 2.40 bits per heavy atom. The molecule has 0 bridgehead atoms. The lowest BCUT2D eigenvalue weighted by Gasteiger charge is -2.10. The normalized spacial score (nSPS) is 10.3. The molecule has 2 aromatic carbocycles. The Hall–Kier alpha value is -1.82. The molecule has 0 radical (unpaired) electrons.